The third kappa shape index (κ3) is 2.87. The second kappa shape index (κ2) is 6.90. The maximum atomic E-state index is 13.1. The van der Waals surface area contributed by atoms with Crippen LogP contribution >= 0.6 is 0 Å². The predicted octanol–water partition coefficient (Wildman–Crippen LogP) is 2.94. The maximum absolute atomic E-state index is 13.1. The molecule has 7 heteroatoms. The number of benzene rings is 1. The van der Waals surface area contributed by atoms with Crippen LogP contribution in [0.1, 0.15) is 56.5 Å². The lowest BCUT2D eigenvalue weighted by Gasteiger charge is -2.28. The minimum atomic E-state index is -0.398. The van der Waals surface area contributed by atoms with E-state index < -0.39 is 6.04 Å². The molecule has 2 aromatic heterocycles. The molecule has 1 aliphatic rings. The van der Waals surface area contributed by atoms with Gasteiger partial charge in [-0.25, -0.2) is 4.68 Å². The molecule has 1 amide bonds. The molecule has 1 aliphatic carbocycles. The van der Waals surface area contributed by atoms with E-state index in [4.69, 9.17) is 0 Å². The fourth-order valence-electron chi connectivity index (χ4n) is 3.97. The number of hydrogen-bond acceptors (Lipinski definition) is 4. The summed E-state index contributed by atoms with van der Waals surface area (Å²) in [6.07, 6.45) is 5.45. The number of para-hydroxylation sites is 1. The third-order valence-electron chi connectivity index (χ3n) is 5.53. The fraction of sp³-hybridized carbons (Fsp3) is 0.474. The number of nitrogens with one attached hydrogen (secondary N) is 2. The molecule has 0 saturated heterocycles. The van der Waals surface area contributed by atoms with Gasteiger partial charge in [0.15, 0.2) is 0 Å². The third-order valence-corrected chi connectivity index (χ3v) is 5.53. The van der Waals surface area contributed by atoms with Gasteiger partial charge < -0.3 is 10.3 Å². The largest absolute Gasteiger partial charge is 0.356 e. The Hall–Kier alpha value is -2.70. The van der Waals surface area contributed by atoms with Crippen molar-refractivity contribution in [2.24, 2.45) is 5.92 Å². The first kappa shape index (κ1) is 16.8. The summed E-state index contributed by atoms with van der Waals surface area (Å²) in [5, 5.41) is 15.9. The summed E-state index contributed by atoms with van der Waals surface area (Å²) in [6, 6.07) is 7.95. The van der Waals surface area contributed by atoms with Crippen LogP contribution in [-0.4, -0.2) is 31.1 Å². The fourth-order valence-corrected chi connectivity index (χ4v) is 3.97. The van der Waals surface area contributed by atoms with Crippen LogP contribution in [-0.2, 0) is 11.2 Å². The molecule has 3 atom stereocenters. The summed E-state index contributed by atoms with van der Waals surface area (Å²) in [6.45, 7) is 4.13. The molecule has 0 radical (unpaired) electrons. The van der Waals surface area contributed by atoms with E-state index in [9.17, 15) is 4.79 Å². The summed E-state index contributed by atoms with van der Waals surface area (Å²) in [4.78, 5) is 16.6. The second-order valence-corrected chi connectivity index (χ2v) is 7.14. The number of amides is 1. The van der Waals surface area contributed by atoms with Crippen LogP contribution in [0.5, 0.6) is 0 Å². The number of fused-ring (bicyclic) bond motifs is 3. The normalized spacial score (nSPS) is 19.1. The number of aryl methyl sites for hydroxylation is 1. The topological polar surface area (TPSA) is 88.5 Å². The highest BCUT2D eigenvalue weighted by atomic mass is 16.2. The molecule has 4 rings (SSSR count). The van der Waals surface area contributed by atoms with Crippen LogP contribution in [0, 0.1) is 5.92 Å². The van der Waals surface area contributed by atoms with Crippen LogP contribution in [0.3, 0.4) is 0 Å². The van der Waals surface area contributed by atoms with Gasteiger partial charge in [-0.3, -0.25) is 4.79 Å². The minimum Gasteiger partial charge on any atom is -0.356 e. The van der Waals surface area contributed by atoms with Crippen LogP contribution in [0.4, 0.5) is 0 Å². The van der Waals surface area contributed by atoms with E-state index in [0.717, 1.165) is 36.9 Å². The van der Waals surface area contributed by atoms with Crippen molar-refractivity contribution in [1.29, 1.82) is 0 Å². The van der Waals surface area contributed by atoms with Gasteiger partial charge in [-0.05, 0) is 47.2 Å². The van der Waals surface area contributed by atoms with Gasteiger partial charge in [-0.2, -0.15) is 0 Å². The van der Waals surface area contributed by atoms with E-state index in [2.05, 4.69) is 57.9 Å². The average molecular weight is 352 g/mol. The molecule has 1 unspecified atom stereocenters. The standard InChI is InChI=1S/C19H24N6O/c1-3-12(2)18(25-11-20-23-24-25)19(26)22-16-10-6-8-14-13-7-4-5-9-15(13)21-17(14)16/h4-5,7,9,11-12,16,18,21H,3,6,8,10H2,1-2H3,(H,22,26)/t12-,16?,18-/m0/s1. The quantitative estimate of drug-likeness (QED) is 0.739. The lowest BCUT2D eigenvalue weighted by Crippen LogP contribution is -2.39. The van der Waals surface area contributed by atoms with Crippen molar-refractivity contribution in [3.63, 3.8) is 0 Å². The van der Waals surface area contributed by atoms with Gasteiger partial charge in [-0.1, -0.05) is 38.5 Å². The maximum Gasteiger partial charge on any atom is 0.245 e. The first-order valence-corrected chi connectivity index (χ1v) is 9.31. The smallest absolute Gasteiger partial charge is 0.245 e. The molecule has 3 aromatic rings. The molecule has 0 bridgehead atoms. The van der Waals surface area contributed by atoms with Crippen molar-refractivity contribution in [3.05, 3.63) is 41.9 Å². The van der Waals surface area contributed by atoms with Gasteiger partial charge in [0.2, 0.25) is 5.91 Å². The van der Waals surface area contributed by atoms with Gasteiger partial charge >= 0.3 is 0 Å². The number of aromatic nitrogens is 5. The first-order chi connectivity index (χ1) is 12.7. The summed E-state index contributed by atoms with van der Waals surface area (Å²) in [5.41, 5.74) is 3.61. The Morgan fingerprint density at radius 3 is 3.04 bits per heavy atom. The van der Waals surface area contributed by atoms with E-state index >= 15 is 0 Å². The van der Waals surface area contributed by atoms with Crippen LogP contribution < -0.4 is 5.32 Å². The van der Waals surface area contributed by atoms with Gasteiger partial charge in [0.25, 0.3) is 0 Å². The van der Waals surface area contributed by atoms with Crippen molar-refractivity contribution in [1.82, 2.24) is 30.5 Å². The zero-order valence-corrected chi connectivity index (χ0v) is 15.1. The minimum absolute atomic E-state index is 0.00156. The molecule has 0 spiro atoms. The van der Waals surface area contributed by atoms with Crippen molar-refractivity contribution in [3.8, 4) is 0 Å². The highest BCUT2D eigenvalue weighted by molar-refractivity contribution is 5.86. The Kier molecular flexibility index (Phi) is 4.44. The zero-order valence-electron chi connectivity index (χ0n) is 15.1. The molecule has 0 aliphatic heterocycles. The summed E-state index contributed by atoms with van der Waals surface area (Å²) in [5.74, 6) is 0.118. The molecule has 1 aromatic carbocycles. The SMILES string of the molecule is CC[C@H](C)[C@@H](C(=O)NC1CCCc2c1[nH]c1ccccc21)n1cnnn1. The Morgan fingerprint density at radius 1 is 1.42 bits per heavy atom. The van der Waals surface area contributed by atoms with Crippen molar-refractivity contribution >= 4 is 16.8 Å². The number of tetrazole rings is 1. The number of hydrogen-bond donors (Lipinski definition) is 2. The number of carbonyl (C=O) groups is 1. The van der Waals surface area contributed by atoms with Crippen molar-refractivity contribution < 1.29 is 4.79 Å². The van der Waals surface area contributed by atoms with Crippen LogP contribution in [0.15, 0.2) is 30.6 Å². The zero-order chi connectivity index (χ0) is 18.1. The van der Waals surface area contributed by atoms with Gasteiger partial charge in [-0.15, -0.1) is 5.10 Å². The summed E-state index contributed by atoms with van der Waals surface area (Å²) >= 11 is 0. The molecular formula is C19H24N6O. The molecule has 26 heavy (non-hydrogen) atoms. The Bertz CT molecular complexity index is 900. The molecule has 2 heterocycles. The molecule has 7 nitrogen and oxygen atoms in total. The van der Waals surface area contributed by atoms with Crippen LogP contribution in [0.2, 0.25) is 0 Å². The number of rotatable bonds is 5. The van der Waals surface area contributed by atoms with E-state index in [-0.39, 0.29) is 17.9 Å². The number of nitrogens with zero attached hydrogens (tertiary/aromatic N) is 4. The lowest BCUT2D eigenvalue weighted by molar-refractivity contribution is -0.127. The number of H-pyrrole nitrogens is 1. The molecule has 0 saturated carbocycles. The highest BCUT2D eigenvalue weighted by Crippen LogP contribution is 2.35. The van der Waals surface area contributed by atoms with E-state index in [1.165, 1.54) is 17.3 Å². The van der Waals surface area contributed by atoms with Gasteiger partial charge in [0, 0.05) is 16.6 Å². The first-order valence-electron chi connectivity index (χ1n) is 9.31. The molecular weight excluding hydrogens is 328 g/mol. The van der Waals surface area contributed by atoms with Gasteiger partial charge in [0.1, 0.15) is 12.4 Å². The van der Waals surface area contributed by atoms with Crippen LogP contribution in [0.25, 0.3) is 10.9 Å². The van der Waals surface area contributed by atoms with Crippen molar-refractivity contribution in [2.45, 2.75) is 51.6 Å². The molecule has 0 fully saturated rings. The number of carbonyl (C=O) groups excluding carboxylic acids is 1. The average Bonchev–Trinajstić information content (AvgIpc) is 3.30. The number of aromatic amines is 1. The lowest BCUT2D eigenvalue weighted by atomic mass is 9.91. The summed E-state index contributed by atoms with van der Waals surface area (Å²) in [7, 11) is 0. The van der Waals surface area contributed by atoms with Gasteiger partial charge in [0.05, 0.1) is 6.04 Å². The van der Waals surface area contributed by atoms with E-state index in [1.807, 2.05) is 6.07 Å². The summed E-state index contributed by atoms with van der Waals surface area (Å²) < 4.78 is 1.57. The van der Waals surface area contributed by atoms with Crippen molar-refractivity contribution in [2.75, 3.05) is 0 Å². The van der Waals surface area contributed by atoms with E-state index in [1.54, 1.807) is 4.68 Å². The highest BCUT2D eigenvalue weighted by Gasteiger charge is 2.31. The predicted molar refractivity (Wildman–Crippen MR) is 98.4 cm³/mol. The second-order valence-electron chi connectivity index (χ2n) is 7.14. The van der Waals surface area contributed by atoms with E-state index in [0.29, 0.717) is 0 Å². The monoisotopic (exact) mass is 352 g/mol. The molecule has 136 valence electrons. The Balaban J connectivity index is 1.62. The Morgan fingerprint density at radius 2 is 2.27 bits per heavy atom. The Labute approximate surface area is 152 Å². The molecule has 2 N–H and O–H groups in total.